The third-order valence-corrected chi connectivity index (χ3v) is 3.93. The van der Waals surface area contributed by atoms with Gasteiger partial charge in [-0.1, -0.05) is 30.3 Å². The van der Waals surface area contributed by atoms with Crippen LogP contribution < -0.4 is 5.32 Å². The Balaban J connectivity index is 1.72. The molecule has 0 saturated carbocycles. The number of amides is 1. The zero-order chi connectivity index (χ0) is 20.8. The molecule has 10 nitrogen and oxygen atoms in total. The summed E-state index contributed by atoms with van der Waals surface area (Å²) in [5, 5.41) is 18.0. The van der Waals surface area contributed by atoms with Gasteiger partial charge in [0.2, 0.25) is 0 Å². The van der Waals surface area contributed by atoms with Crippen molar-refractivity contribution in [1.29, 1.82) is 0 Å². The molecule has 3 aromatic rings. The predicted molar refractivity (Wildman–Crippen MR) is 105 cm³/mol. The molecule has 1 N–H and O–H groups in total. The summed E-state index contributed by atoms with van der Waals surface area (Å²) in [5.74, 6) is -0.267. The van der Waals surface area contributed by atoms with E-state index in [4.69, 9.17) is 4.74 Å². The molecule has 0 saturated heterocycles. The van der Waals surface area contributed by atoms with Gasteiger partial charge in [0.15, 0.2) is 18.1 Å². The van der Waals surface area contributed by atoms with Crippen molar-refractivity contribution in [1.82, 2.24) is 30.0 Å². The number of benzene rings is 1. The van der Waals surface area contributed by atoms with Gasteiger partial charge in [-0.05, 0) is 42.8 Å². The average molecular weight is 395 g/mol. The van der Waals surface area contributed by atoms with E-state index in [1.807, 2.05) is 44.2 Å². The quantitative estimate of drug-likeness (QED) is 0.480. The first kappa shape index (κ1) is 19.9. The van der Waals surface area contributed by atoms with E-state index in [-0.39, 0.29) is 11.7 Å². The minimum absolute atomic E-state index is 0.0750. The van der Waals surface area contributed by atoms with Crippen LogP contribution in [0.3, 0.4) is 0 Å². The molecule has 2 heterocycles. The lowest BCUT2D eigenvalue weighted by Gasteiger charge is -2.12. The average Bonchev–Trinajstić information content (AvgIpc) is 3.34. The molecule has 0 spiro atoms. The van der Waals surface area contributed by atoms with Gasteiger partial charge in [0.05, 0.1) is 6.20 Å². The molecule has 0 radical (unpaired) electrons. The van der Waals surface area contributed by atoms with E-state index < -0.39 is 18.5 Å². The molecular weight excluding hydrogens is 374 g/mol. The Kier molecular flexibility index (Phi) is 6.12. The highest BCUT2D eigenvalue weighted by molar-refractivity contribution is 6.15. The van der Waals surface area contributed by atoms with E-state index in [0.29, 0.717) is 11.6 Å². The van der Waals surface area contributed by atoms with E-state index in [1.165, 1.54) is 4.68 Å². The number of rotatable bonds is 7. The van der Waals surface area contributed by atoms with Crippen LogP contribution in [0.15, 0.2) is 42.6 Å². The molecule has 0 aliphatic carbocycles. The lowest BCUT2D eigenvalue weighted by Crippen LogP contribution is -2.24. The van der Waals surface area contributed by atoms with Gasteiger partial charge in [-0.15, -0.1) is 5.10 Å². The molecule has 1 aromatic carbocycles. The zero-order valence-corrected chi connectivity index (χ0v) is 16.3. The van der Waals surface area contributed by atoms with Crippen LogP contribution in [-0.4, -0.2) is 48.5 Å². The van der Waals surface area contributed by atoms with Crippen LogP contribution >= 0.6 is 0 Å². The maximum Gasteiger partial charge on any atom is 0.357 e. The fourth-order valence-electron chi connectivity index (χ4n) is 2.58. The minimum atomic E-state index is -0.725. The van der Waals surface area contributed by atoms with Crippen LogP contribution in [0.25, 0.3) is 11.8 Å². The SMILES string of the molecule is Cc1nnnn1/C(=C\c1ccccc1)C(=O)OCC(=O)Nc1ccnn1C(C)C. The summed E-state index contributed by atoms with van der Waals surface area (Å²) >= 11 is 0. The molecule has 0 aliphatic heterocycles. The number of ether oxygens (including phenoxy) is 1. The van der Waals surface area contributed by atoms with Gasteiger partial charge in [-0.2, -0.15) is 9.78 Å². The van der Waals surface area contributed by atoms with Gasteiger partial charge in [0, 0.05) is 12.1 Å². The van der Waals surface area contributed by atoms with Crippen molar-refractivity contribution in [2.75, 3.05) is 11.9 Å². The fraction of sp³-hybridized carbons (Fsp3) is 0.263. The van der Waals surface area contributed by atoms with Crippen molar-refractivity contribution in [3.8, 4) is 0 Å². The van der Waals surface area contributed by atoms with Crippen molar-refractivity contribution in [3.63, 3.8) is 0 Å². The number of aryl methyl sites for hydroxylation is 1. The van der Waals surface area contributed by atoms with Crippen LogP contribution in [0, 0.1) is 6.92 Å². The zero-order valence-electron chi connectivity index (χ0n) is 16.3. The summed E-state index contributed by atoms with van der Waals surface area (Å²) in [7, 11) is 0. The van der Waals surface area contributed by atoms with E-state index >= 15 is 0 Å². The van der Waals surface area contributed by atoms with Crippen molar-refractivity contribution in [3.05, 3.63) is 54.0 Å². The highest BCUT2D eigenvalue weighted by Gasteiger charge is 2.19. The van der Waals surface area contributed by atoms with Gasteiger partial charge < -0.3 is 10.1 Å². The minimum Gasteiger partial charge on any atom is -0.451 e. The second-order valence-corrected chi connectivity index (χ2v) is 6.46. The number of carbonyl (C=O) groups excluding carboxylic acids is 2. The van der Waals surface area contributed by atoms with E-state index in [2.05, 4.69) is 25.9 Å². The summed E-state index contributed by atoms with van der Waals surface area (Å²) in [6.45, 7) is 5.08. The molecule has 0 fully saturated rings. The second kappa shape index (κ2) is 8.91. The number of nitrogens with one attached hydrogen (secondary N) is 1. The maximum atomic E-state index is 12.7. The molecule has 1 amide bonds. The lowest BCUT2D eigenvalue weighted by atomic mass is 10.2. The number of aromatic nitrogens is 6. The summed E-state index contributed by atoms with van der Waals surface area (Å²) in [6, 6.07) is 10.9. The van der Waals surface area contributed by atoms with Gasteiger partial charge >= 0.3 is 5.97 Å². The summed E-state index contributed by atoms with van der Waals surface area (Å²) in [4.78, 5) is 24.9. The molecular formula is C19H21N7O3. The number of hydrogen-bond acceptors (Lipinski definition) is 7. The Morgan fingerprint density at radius 2 is 1.97 bits per heavy atom. The van der Waals surface area contributed by atoms with Crippen LogP contribution in [0.1, 0.15) is 31.3 Å². The number of hydrogen-bond donors (Lipinski definition) is 1. The fourth-order valence-corrected chi connectivity index (χ4v) is 2.58. The smallest absolute Gasteiger partial charge is 0.357 e. The largest absolute Gasteiger partial charge is 0.451 e. The Hall–Kier alpha value is -3.82. The number of nitrogens with zero attached hydrogens (tertiary/aromatic N) is 6. The molecule has 150 valence electrons. The Morgan fingerprint density at radius 1 is 1.21 bits per heavy atom. The van der Waals surface area contributed by atoms with Crippen LogP contribution in [0.2, 0.25) is 0 Å². The molecule has 2 aromatic heterocycles. The lowest BCUT2D eigenvalue weighted by molar-refractivity contribution is -0.141. The molecule has 29 heavy (non-hydrogen) atoms. The van der Waals surface area contributed by atoms with Crippen molar-refractivity contribution >= 4 is 29.5 Å². The van der Waals surface area contributed by atoms with Crippen LogP contribution in [0.4, 0.5) is 5.82 Å². The predicted octanol–water partition coefficient (Wildman–Crippen LogP) is 1.94. The first-order chi connectivity index (χ1) is 14.0. The van der Waals surface area contributed by atoms with Gasteiger partial charge in [-0.25, -0.2) is 9.48 Å². The van der Waals surface area contributed by atoms with Crippen molar-refractivity contribution in [2.45, 2.75) is 26.8 Å². The second-order valence-electron chi connectivity index (χ2n) is 6.46. The maximum absolute atomic E-state index is 12.7. The van der Waals surface area contributed by atoms with Crippen molar-refractivity contribution < 1.29 is 14.3 Å². The standard InChI is InChI=1S/C19H21N7O3/c1-13(2)25-17(9-10-20-25)21-18(27)12-29-19(28)16(26-14(3)22-23-24-26)11-15-7-5-4-6-8-15/h4-11,13H,12H2,1-3H3,(H,21,27)/b16-11-. The highest BCUT2D eigenvalue weighted by atomic mass is 16.5. The first-order valence-electron chi connectivity index (χ1n) is 8.98. The van der Waals surface area contributed by atoms with E-state index in [1.54, 1.807) is 29.9 Å². The number of tetrazole rings is 1. The molecule has 0 unspecified atom stereocenters. The van der Waals surface area contributed by atoms with Crippen LogP contribution in [0.5, 0.6) is 0 Å². The highest BCUT2D eigenvalue weighted by Crippen LogP contribution is 2.15. The first-order valence-corrected chi connectivity index (χ1v) is 8.98. The Bertz CT molecular complexity index is 1020. The monoisotopic (exact) mass is 395 g/mol. The topological polar surface area (TPSA) is 117 Å². The normalized spacial score (nSPS) is 11.5. The van der Waals surface area contributed by atoms with Crippen molar-refractivity contribution in [2.24, 2.45) is 0 Å². The Labute approximate surface area is 167 Å². The molecule has 10 heteroatoms. The van der Waals surface area contributed by atoms with E-state index in [9.17, 15) is 9.59 Å². The molecule has 0 aliphatic rings. The summed E-state index contributed by atoms with van der Waals surface area (Å²) < 4.78 is 8.12. The third kappa shape index (κ3) is 4.92. The number of esters is 1. The van der Waals surface area contributed by atoms with E-state index in [0.717, 1.165) is 5.56 Å². The Morgan fingerprint density at radius 3 is 2.62 bits per heavy atom. The molecule has 3 rings (SSSR count). The number of carbonyl (C=O) groups is 2. The third-order valence-electron chi connectivity index (χ3n) is 3.93. The number of anilines is 1. The molecule has 0 atom stereocenters. The van der Waals surface area contributed by atoms with Gasteiger partial charge in [0.25, 0.3) is 5.91 Å². The van der Waals surface area contributed by atoms with Gasteiger partial charge in [-0.3, -0.25) is 4.79 Å². The molecule has 0 bridgehead atoms. The summed E-state index contributed by atoms with van der Waals surface area (Å²) in [6.07, 6.45) is 3.18. The van der Waals surface area contributed by atoms with Crippen LogP contribution in [-0.2, 0) is 14.3 Å². The van der Waals surface area contributed by atoms with Gasteiger partial charge in [0.1, 0.15) is 5.82 Å². The summed E-state index contributed by atoms with van der Waals surface area (Å²) in [5.41, 5.74) is 0.860.